The first-order chi connectivity index (χ1) is 17.1. The molecule has 178 valence electrons. The Kier molecular flexibility index (Phi) is 8.22. The predicted molar refractivity (Wildman–Crippen MR) is 139 cm³/mol. The summed E-state index contributed by atoms with van der Waals surface area (Å²) in [5.41, 5.74) is 6.24. The van der Waals surface area contributed by atoms with Crippen LogP contribution in [0.4, 0.5) is 5.69 Å². The van der Waals surface area contributed by atoms with E-state index >= 15 is 0 Å². The Morgan fingerprint density at radius 2 is 1.49 bits per heavy atom. The minimum atomic E-state index is -0.599. The van der Waals surface area contributed by atoms with Gasteiger partial charge in [0.1, 0.15) is 0 Å². The zero-order valence-corrected chi connectivity index (χ0v) is 19.5. The molecule has 6 nitrogen and oxygen atoms in total. The lowest BCUT2D eigenvalue weighted by atomic mass is 10.1. The zero-order valence-electron chi connectivity index (χ0n) is 19.5. The van der Waals surface area contributed by atoms with E-state index in [0.29, 0.717) is 5.56 Å². The summed E-state index contributed by atoms with van der Waals surface area (Å²) >= 11 is 0. The van der Waals surface area contributed by atoms with Crippen LogP contribution in [0.2, 0.25) is 0 Å². The minimum absolute atomic E-state index is 0.0600. The van der Waals surface area contributed by atoms with Gasteiger partial charge in [0.25, 0.3) is 5.91 Å². The molecule has 0 aromatic heterocycles. The van der Waals surface area contributed by atoms with Crippen molar-refractivity contribution >= 4 is 29.5 Å². The molecule has 1 saturated heterocycles. The summed E-state index contributed by atoms with van der Waals surface area (Å²) in [5.74, 6) is -0.659. The number of amides is 1. The van der Waals surface area contributed by atoms with Crippen LogP contribution in [0.15, 0.2) is 91.0 Å². The van der Waals surface area contributed by atoms with Gasteiger partial charge in [0, 0.05) is 50.1 Å². The fourth-order valence-electron chi connectivity index (χ4n) is 4.11. The summed E-state index contributed by atoms with van der Waals surface area (Å²) in [6.07, 6.45) is 6.16. The average molecular weight is 468 g/mol. The number of benzene rings is 3. The van der Waals surface area contributed by atoms with Crippen molar-refractivity contribution in [3.63, 3.8) is 0 Å². The van der Waals surface area contributed by atoms with Crippen molar-refractivity contribution in [1.29, 1.82) is 0 Å². The van der Waals surface area contributed by atoms with E-state index in [1.807, 2.05) is 48.5 Å². The van der Waals surface area contributed by atoms with E-state index in [4.69, 9.17) is 5.21 Å². The fourth-order valence-corrected chi connectivity index (χ4v) is 4.11. The highest BCUT2D eigenvalue weighted by molar-refractivity contribution is 6.07. The second-order valence-corrected chi connectivity index (χ2v) is 8.48. The van der Waals surface area contributed by atoms with Gasteiger partial charge in [-0.1, -0.05) is 66.7 Å². The van der Waals surface area contributed by atoms with Crippen molar-refractivity contribution in [2.24, 2.45) is 0 Å². The number of piperazine rings is 1. The summed E-state index contributed by atoms with van der Waals surface area (Å²) < 4.78 is 0. The quantitative estimate of drug-likeness (QED) is 0.222. The van der Waals surface area contributed by atoms with E-state index in [1.54, 1.807) is 23.7 Å². The third-order valence-electron chi connectivity index (χ3n) is 5.99. The molecule has 2 N–H and O–H groups in total. The number of nitrogens with zero attached hydrogens (tertiary/aromatic N) is 2. The number of hydrogen-bond acceptors (Lipinski definition) is 5. The van der Waals surface area contributed by atoms with Crippen molar-refractivity contribution in [2.75, 3.05) is 31.1 Å². The highest BCUT2D eigenvalue weighted by atomic mass is 16.5. The smallest absolute Gasteiger partial charge is 0.267 e. The van der Waals surface area contributed by atoms with E-state index in [1.165, 1.54) is 11.6 Å². The van der Waals surface area contributed by atoms with Gasteiger partial charge in [-0.3, -0.25) is 19.7 Å². The van der Waals surface area contributed by atoms with Gasteiger partial charge in [0.2, 0.25) is 0 Å². The van der Waals surface area contributed by atoms with Gasteiger partial charge in [-0.25, -0.2) is 5.48 Å². The van der Waals surface area contributed by atoms with Crippen molar-refractivity contribution in [2.45, 2.75) is 6.54 Å². The number of carbonyl (C=O) groups excluding carboxylic acids is 2. The standard InChI is InChI=1S/C29H29N3O3/c33-28(14-12-23-8-4-9-24(20-23)13-15-29(34)30-35)26-10-5-11-27(21-26)32-18-16-31(17-19-32)22-25-6-2-1-3-7-25/h1-15,20-21,35H,16-19,22H2,(H,30,34)/b14-12+,15-13+. The highest BCUT2D eigenvalue weighted by Gasteiger charge is 2.18. The number of anilines is 1. The van der Waals surface area contributed by atoms with Gasteiger partial charge >= 0.3 is 0 Å². The molecule has 1 fully saturated rings. The van der Waals surface area contributed by atoms with Crippen LogP contribution in [0.5, 0.6) is 0 Å². The molecular weight excluding hydrogens is 438 g/mol. The summed E-state index contributed by atoms with van der Waals surface area (Å²) in [6.45, 7) is 4.78. The first-order valence-electron chi connectivity index (χ1n) is 11.7. The monoisotopic (exact) mass is 467 g/mol. The summed E-state index contributed by atoms with van der Waals surface area (Å²) in [7, 11) is 0. The van der Waals surface area contributed by atoms with Gasteiger partial charge < -0.3 is 4.90 Å². The maximum Gasteiger partial charge on any atom is 0.267 e. The Balaban J connectivity index is 1.36. The van der Waals surface area contributed by atoms with Crippen LogP contribution in [0.1, 0.15) is 27.0 Å². The molecule has 0 radical (unpaired) electrons. The number of nitrogens with one attached hydrogen (secondary N) is 1. The lowest BCUT2D eigenvalue weighted by Crippen LogP contribution is -2.46. The maximum absolute atomic E-state index is 12.8. The van der Waals surface area contributed by atoms with E-state index in [2.05, 4.69) is 40.1 Å². The lowest BCUT2D eigenvalue weighted by Gasteiger charge is -2.36. The topological polar surface area (TPSA) is 72.9 Å². The number of hydroxylamine groups is 1. The largest absolute Gasteiger partial charge is 0.369 e. The summed E-state index contributed by atoms with van der Waals surface area (Å²) in [4.78, 5) is 28.8. The minimum Gasteiger partial charge on any atom is -0.369 e. The first kappa shape index (κ1) is 24.1. The molecule has 0 aliphatic carbocycles. The van der Waals surface area contributed by atoms with Crippen LogP contribution >= 0.6 is 0 Å². The molecule has 3 aromatic carbocycles. The van der Waals surface area contributed by atoms with E-state index in [0.717, 1.165) is 49.5 Å². The molecular formula is C29H29N3O3. The molecule has 0 bridgehead atoms. The number of hydrogen-bond donors (Lipinski definition) is 2. The Labute approximate surface area is 205 Å². The molecule has 1 aliphatic heterocycles. The van der Waals surface area contributed by atoms with Crippen molar-refractivity contribution < 1.29 is 14.8 Å². The second kappa shape index (κ2) is 11.9. The molecule has 1 aliphatic rings. The van der Waals surface area contributed by atoms with Crippen molar-refractivity contribution in [3.8, 4) is 0 Å². The summed E-state index contributed by atoms with van der Waals surface area (Å²) in [6, 6.07) is 25.8. The molecule has 0 atom stereocenters. The Morgan fingerprint density at radius 3 is 2.20 bits per heavy atom. The lowest BCUT2D eigenvalue weighted by molar-refractivity contribution is -0.124. The van der Waals surface area contributed by atoms with E-state index in [-0.39, 0.29) is 5.78 Å². The van der Waals surface area contributed by atoms with Gasteiger partial charge in [-0.2, -0.15) is 0 Å². The highest BCUT2D eigenvalue weighted by Crippen LogP contribution is 2.20. The normalized spacial score (nSPS) is 14.5. The zero-order chi connectivity index (χ0) is 24.5. The van der Waals surface area contributed by atoms with Crippen LogP contribution in [-0.2, 0) is 11.3 Å². The molecule has 6 heteroatoms. The number of ketones is 1. The third kappa shape index (κ3) is 6.99. The van der Waals surface area contributed by atoms with Crippen molar-refractivity contribution in [3.05, 3.63) is 113 Å². The van der Waals surface area contributed by atoms with Gasteiger partial charge in [-0.15, -0.1) is 0 Å². The van der Waals surface area contributed by atoms with Crippen LogP contribution < -0.4 is 10.4 Å². The molecule has 0 unspecified atom stereocenters. The number of allylic oxidation sites excluding steroid dienone is 1. The Bertz CT molecular complexity index is 1210. The van der Waals surface area contributed by atoms with Gasteiger partial charge in [-0.05, 0) is 47.0 Å². The Morgan fingerprint density at radius 1 is 0.800 bits per heavy atom. The van der Waals surface area contributed by atoms with Crippen molar-refractivity contribution in [1.82, 2.24) is 10.4 Å². The van der Waals surface area contributed by atoms with Crippen LogP contribution in [-0.4, -0.2) is 48.0 Å². The van der Waals surface area contributed by atoms with E-state index in [9.17, 15) is 9.59 Å². The predicted octanol–water partition coefficient (Wildman–Crippen LogP) is 4.42. The van der Waals surface area contributed by atoms with Gasteiger partial charge in [0.05, 0.1) is 0 Å². The summed E-state index contributed by atoms with van der Waals surface area (Å²) in [5, 5.41) is 8.59. The maximum atomic E-state index is 12.8. The molecule has 4 rings (SSSR count). The van der Waals surface area contributed by atoms with Gasteiger partial charge in [0.15, 0.2) is 5.78 Å². The Hall–Kier alpha value is -4.00. The second-order valence-electron chi connectivity index (χ2n) is 8.48. The van der Waals surface area contributed by atoms with Crippen LogP contribution in [0.3, 0.4) is 0 Å². The SMILES string of the molecule is O=C(/C=C/c1cccc(/C=C/C(=O)c2cccc(N3CCN(Cc4ccccc4)CC3)c2)c1)NO. The van der Waals surface area contributed by atoms with Crippen LogP contribution in [0, 0.1) is 0 Å². The fraction of sp³-hybridized carbons (Fsp3) is 0.172. The first-order valence-corrected chi connectivity index (χ1v) is 11.7. The molecule has 35 heavy (non-hydrogen) atoms. The molecule has 1 amide bonds. The third-order valence-corrected chi connectivity index (χ3v) is 5.99. The molecule has 3 aromatic rings. The molecule has 0 spiro atoms. The number of carbonyl (C=O) groups is 2. The average Bonchev–Trinajstić information content (AvgIpc) is 2.91. The number of rotatable bonds is 8. The molecule has 1 heterocycles. The molecule has 0 saturated carbocycles. The van der Waals surface area contributed by atoms with Crippen LogP contribution in [0.25, 0.3) is 12.2 Å². The van der Waals surface area contributed by atoms with E-state index < -0.39 is 5.91 Å².